The summed E-state index contributed by atoms with van der Waals surface area (Å²) in [5, 5.41) is 10.4. The quantitative estimate of drug-likeness (QED) is 0.840. The molecule has 0 unspecified atom stereocenters. The molecule has 0 saturated heterocycles. The summed E-state index contributed by atoms with van der Waals surface area (Å²) in [6.45, 7) is -1.99. The first kappa shape index (κ1) is 17.0. The number of methoxy groups -OCH3 is 1. The minimum absolute atomic E-state index is 0.0604. The number of nitrogens with zero attached hydrogens (tertiary/aromatic N) is 1. The second-order valence-electron chi connectivity index (χ2n) is 5.93. The van der Waals surface area contributed by atoms with Crippen LogP contribution < -0.4 is 9.47 Å². The monoisotopic (exact) mass is 315 g/mol. The summed E-state index contributed by atoms with van der Waals surface area (Å²) in [5.74, 6) is 0.344. The average Bonchev–Trinajstić information content (AvgIpc) is 2.86. The Bertz CT molecular complexity index is 490. The van der Waals surface area contributed by atoms with Crippen LogP contribution in [0.5, 0.6) is 11.5 Å². The van der Waals surface area contributed by atoms with Gasteiger partial charge < -0.3 is 14.6 Å². The molecule has 2 rings (SSSR count). The van der Waals surface area contributed by atoms with E-state index in [1.807, 2.05) is 11.9 Å². The molecule has 0 atom stereocenters. The van der Waals surface area contributed by atoms with E-state index in [0.717, 1.165) is 25.7 Å². The number of likely N-dealkylation sites (N-methyl/N-ethyl adjacent to an activating group) is 1. The van der Waals surface area contributed by atoms with Gasteiger partial charge in [0.25, 0.3) is 0 Å². The van der Waals surface area contributed by atoms with E-state index in [9.17, 15) is 13.9 Å². The maximum atomic E-state index is 12.6. The third-order valence-corrected chi connectivity index (χ3v) is 4.03. The molecular weight excluding hydrogens is 292 g/mol. The molecule has 1 aromatic carbocycles. The fourth-order valence-electron chi connectivity index (χ4n) is 3.11. The number of hydrogen-bond donors (Lipinski definition) is 1. The highest BCUT2D eigenvalue weighted by Crippen LogP contribution is 2.34. The summed E-state index contributed by atoms with van der Waals surface area (Å²) < 4.78 is 34.9. The highest BCUT2D eigenvalue weighted by molar-refractivity contribution is 5.46. The molecule has 0 spiro atoms. The van der Waals surface area contributed by atoms with Crippen LogP contribution in [0.2, 0.25) is 0 Å². The first-order chi connectivity index (χ1) is 10.4. The highest BCUT2D eigenvalue weighted by atomic mass is 19.3. The van der Waals surface area contributed by atoms with Crippen molar-refractivity contribution < 1.29 is 23.4 Å². The van der Waals surface area contributed by atoms with Gasteiger partial charge in [0.1, 0.15) is 0 Å². The van der Waals surface area contributed by atoms with Crippen LogP contribution in [0.1, 0.15) is 31.2 Å². The lowest BCUT2D eigenvalue weighted by Crippen LogP contribution is -2.38. The van der Waals surface area contributed by atoms with Crippen molar-refractivity contribution in [3.8, 4) is 11.5 Å². The van der Waals surface area contributed by atoms with Gasteiger partial charge >= 0.3 is 6.61 Å². The number of hydrogen-bond acceptors (Lipinski definition) is 4. The minimum atomic E-state index is -2.90. The summed E-state index contributed by atoms with van der Waals surface area (Å²) in [6.07, 6.45) is 3.64. The SMILES string of the molecule is COc1cccc(CN(C)CC2(O)CCCC2)c1OC(F)F. The van der Waals surface area contributed by atoms with Gasteiger partial charge in [-0.25, -0.2) is 0 Å². The number of rotatable bonds is 7. The molecule has 0 bridgehead atoms. The van der Waals surface area contributed by atoms with Crippen molar-refractivity contribution in [3.63, 3.8) is 0 Å². The molecule has 1 aromatic rings. The maximum absolute atomic E-state index is 12.6. The number of alkyl halides is 2. The molecule has 0 aromatic heterocycles. The Kier molecular flexibility index (Phi) is 5.58. The number of halogens is 2. The van der Waals surface area contributed by atoms with Gasteiger partial charge in [0, 0.05) is 18.7 Å². The van der Waals surface area contributed by atoms with E-state index in [1.54, 1.807) is 18.2 Å². The van der Waals surface area contributed by atoms with E-state index >= 15 is 0 Å². The topological polar surface area (TPSA) is 41.9 Å². The molecular formula is C16H23F2NO3. The molecule has 6 heteroatoms. The van der Waals surface area contributed by atoms with E-state index < -0.39 is 12.2 Å². The van der Waals surface area contributed by atoms with Gasteiger partial charge in [-0.3, -0.25) is 4.90 Å². The Balaban J connectivity index is 2.10. The first-order valence-electron chi connectivity index (χ1n) is 7.45. The number of aliphatic hydroxyl groups is 1. The van der Waals surface area contributed by atoms with Crippen molar-refractivity contribution in [2.75, 3.05) is 20.7 Å². The Hall–Kier alpha value is -1.40. The van der Waals surface area contributed by atoms with Crippen LogP contribution in [0.4, 0.5) is 8.78 Å². The third kappa shape index (κ3) is 4.30. The molecule has 22 heavy (non-hydrogen) atoms. The number of benzene rings is 1. The van der Waals surface area contributed by atoms with E-state index in [1.165, 1.54) is 7.11 Å². The molecule has 0 heterocycles. The standard InChI is InChI=1S/C16H23F2NO3/c1-19(11-16(20)8-3-4-9-16)10-12-6-5-7-13(21-2)14(12)22-15(17)18/h5-7,15,20H,3-4,8-11H2,1-2H3. The normalized spacial score (nSPS) is 17.2. The van der Waals surface area contributed by atoms with Gasteiger partial charge in [-0.2, -0.15) is 8.78 Å². The predicted octanol–water partition coefficient (Wildman–Crippen LogP) is 3.03. The summed E-state index contributed by atoms with van der Waals surface area (Å²) in [5.41, 5.74) is -0.0547. The Labute approximate surface area is 129 Å². The molecule has 124 valence electrons. The number of ether oxygens (including phenoxy) is 2. The Morgan fingerprint density at radius 1 is 1.32 bits per heavy atom. The van der Waals surface area contributed by atoms with Crippen molar-refractivity contribution in [2.24, 2.45) is 0 Å². The number of para-hydroxylation sites is 1. The third-order valence-electron chi connectivity index (χ3n) is 4.03. The van der Waals surface area contributed by atoms with E-state index in [2.05, 4.69) is 4.74 Å². The highest BCUT2D eigenvalue weighted by Gasteiger charge is 2.32. The van der Waals surface area contributed by atoms with E-state index in [0.29, 0.717) is 18.7 Å². The summed E-state index contributed by atoms with van der Waals surface area (Å²) >= 11 is 0. The van der Waals surface area contributed by atoms with Gasteiger partial charge in [0.2, 0.25) is 0 Å². The molecule has 1 aliphatic carbocycles. The summed E-state index contributed by atoms with van der Waals surface area (Å²) in [4.78, 5) is 1.93. The van der Waals surface area contributed by atoms with E-state index in [-0.39, 0.29) is 11.5 Å². The first-order valence-corrected chi connectivity index (χ1v) is 7.45. The van der Waals surface area contributed by atoms with Crippen LogP contribution in [0.15, 0.2) is 18.2 Å². The van der Waals surface area contributed by atoms with Crippen molar-refractivity contribution in [2.45, 2.75) is 44.4 Å². The largest absolute Gasteiger partial charge is 0.493 e. The van der Waals surface area contributed by atoms with Crippen molar-refractivity contribution in [3.05, 3.63) is 23.8 Å². The smallest absolute Gasteiger partial charge is 0.387 e. The Morgan fingerprint density at radius 2 is 2.00 bits per heavy atom. The lowest BCUT2D eigenvalue weighted by atomic mass is 10.0. The van der Waals surface area contributed by atoms with Gasteiger partial charge in [0.05, 0.1) is 12.7 Å². The zero-order valence-electron chi connectivity index (χ0n) is 13.0. The van der Waals surface area contributed by atoms with Gasteiger partial charge in [-0.05, 0) is 26.0 Å². The Morgan fingerprint density at radius 3 is 2.59 bits per heavy atom. The van der Waals surface area contributed by atoms with Crippen molar-refractivity contribution in [1.29, 1.82) is 0 Å². The average molecular weight is 315 g/mol. The van der Waals surface area contributed by atoms with Crippen LogP contribution in [0.25, 0.3) is 0 Å². The van der Waals surface area contributed by atoms with Crippen molar-refractivity contribution >= 4 is 0 Å². The molecule has 0 radical (unpaired) electrons. The van der Waals surface area contributed by atoms with Gasteiger partial charge in [-0.15, -0.1) is 0 Å². The summed E-state index contributed by atoms with van der Waals surface area (Å²) in [7, 11) is 3.28. The van der Waals surface area contributed by atoms with Crippen LogP contribution in [0, 0.1) is 0 Å². The molecule has 4 nitrogen and oxygen atoms in total. The van der Waals surface area contributed by atoms with Crippen LogP contribution >= 0.6 is 0 Å². The fourth-order valence-corrected chi connectivity index (χ4v) is 3.11. The second-order valence-corrected chi connectivity index (χ2v) is 5.93. The van der Waals surface area contributed by atoms with Crippen molar-refractivity contribution in [1.82, 2.24) is 4.90 Å². The zero-order chi connectivity index (χ0) is 16.2. The molecule has 0 aliphatic heterocycles. The molecule has 1 saturated carbocycles. The summed E-state index contributed by atoms with van der Waals surface area (Å²) in [6, 6.07) is 5.06. The molecule has 0 amide bonds. The van der Waals surface area contributed by atoms with Gasteiger partial charge in [0.15, 0.2) is 11.5 Å². The van der Waals surface area contributed by atoms with Crippen LogP contribution in [-0.4, -0.2) is 42.9 Å². The lowest BCUT2D eigenvalue weighted by molar-refractivity contribution is -0.0524. The van der Waals surface area contributed by atoms with Gasteiger partial charge in [-0.1, -0.05) is 25.0 Å². The van der Waals surface area contributed by atoms with Crippen LogP contribution in [0.3, 0.4) is 0 Å². The zero-order valence-corrected chi connectivity index (χ0v) is 13.0. The molecule has 1 aliphatic rings. The minimum Gasteiger partial charge on any atom is -0.493 e. The van der Waals surface area contributed by atoms with Crippen LogP contribution in [-0.2, 0) is 6.54 Å². The second kappa shape index (κ2) is 7.24. The fraction of sp³-hybridized carbons (Fsp3) is 0.625. The van der Waals surface area contributed by atoms with E-state index in [4.69, 9.17) is 4.74 Å². The lowest BCUT2D eigenvalue weighted by Gasteiger charge is -2.29. The maximum Gasteiger partial charge on any atom is 0.387 e. The molecule has 1 fully saturated rings. The molecule has 1 N–H and O–H groups in total. The predicted molar refractivity (Wildman–Crippen MR) is 79.4 cm³/mol.